The minimum absolute atomic E-state index is 0.108. The average molecular weight is 256 g/mol. The number of nitrogens with one attached hydrogen (secondary N) is 2. The maximum Gasteiger partial charge on any atom is 0.237 e. The van der Waals surface area contributed by atoms with Crippen LogP contribution in [0.25, 0.3) is 0 Å². The molecular weight excluding hydrogens is 224 g/mol. The molecule has 0 saturated heterocycles. The summed E-state index contributed by atoms with van der Waals surface area (Å²) in [7, 11) is 0. The molecule has 1 amide bonds. The lowest BCUT2D eigenvalue weighted by Crippen LogP contribution is -2.48. The average Bonchev–Trinajstić information content (AvgIpc) is 2.28. The zero-order chi connectivity index (χ0) is 14.1. The molecule has 0 rings (SSSR count). The van der Waals surface area contributed by atoms with Gasteiger partial charge in [-0.3, -0.25) is 4.79 Å². The Labute approximate surface area is 113 Å². The molecule has 0 bridgehead atoms. The molecular formula is C15H32N2O. The molecule has 0 aromatic heterocycles. The number of carbonyl (C=O) groups is 1. The third-order valence-electron chi connectivity index (χ3n) is 3.49. The van der Waals surface area contributed by atoms with Gasteiger partial charge in [0.15, 0.2) is 0 Å². The molecule has 0 radical (unpaired) electrons. The van der Waals surface area contributed by atoms with Crippen LogP contribution < -0.4 is 10.6 Å². The molecule has 0 saturated carbocycles. The predicted molar refractivity (Wildman–Crippen MR) is 78.6 cm³/mol. The summed E-state index contributed by atoms with van der Waals surface area (Å²) in [5.74, 6) is 0.828. The summed E-state index contributed by atoms with van der Waals surface area (Å²) in [6, 6.07) is 0.558. The summed E-state index contributed by atoms with van der Waals surface area (Å²) in [6.07, 6.45) is 4.47. The Morgan fingerprint density at radius 1 is 1.06 bits per heavy atom. The first-order chi connectivity index (χ1) is 8.40. The molecule has 0 aromatic rings. The molecule has 108 valence electrons. The van der Waals surface area contributed by atoms with Crippen LogP contribution in [0.3, 0.4) is 0 Å². The number of rotatable bonds is 9. The maximum atomic E-state index is 11.9. The van der Waals surface area contributed by atoms with E-state index in [1.54, 1.807) is 0 Å². The molecule has 3 nitrogen and oxygen atoms in total. The molecule has 2 N–H and O–H groups in total. The molecule has 0 aliphatic rings. The molecule has 0 aromatic carbocycles. The van der Waals surface area contributed by atoms with Crippen molar-refractivity contribution < 1.29 is 4.79 Å². The summed E-state index contributed by atoms with van der Waals surface area (Å²) in [4.78, 5) is 11.9. The third kappa shape index (κ3) is 7.70. The highest BCUT2D eigenvalue weighted by Crippen LogP contribution is 2.09. The minimum atomic E-state index is -0.108. The van der Waals surface area contributed by atoms with E-state index in [0.717, 1.165) is 19.3 Å². The first-order valence-corrected chi connectivity index (χ1v) is 7.47. The van der Waals surface area contributed by atoms with Crippen LogP contribution in [-0.2, 0) is 4.79 Å². The highest BCUT2D eigenvalue weighted by atomic mass is 16.2. The van der Waals surface area contributed by atoms with E-state index < -0.39 is 0 Å². The lowest BCUT2D eigenvalue weighted by atomic mass is 10.00. The summed E-state index contributed by atoms with van der Waals surface area (Å²) >= 11 is 0. The van der Waals surface area contributed by atoms with Gasteiger partial charge in [0.25, 0.3) is 0 Å². The highest BCUT2D eigenvalue weighted by Gasteiger charge is 2.17. The summed E-state index contributed by atoms with van der Waals surface area (Å²) in [5.41, 5.74) is 0. The van der Waals surface area contributed by atoms with Gasteiger partial charge < -0.3 is 10.6 Å². The Bertz CT molecular complexity index is 231. The van der Waals surface area contributed by atoms with Crippen molar-refractivity contribution in [1.29, 1.82) is 0 Å². The van der Waals surface area contributed by atoms with E-state index in [-0.39, 0.29) is 18.0 Å². The Kier molecular flexibility index (Phi) is 9.08. The molecule has 18 heavy (non-hydrogen) atoms. The number of hydrogen-bond acceptors (Lipinski definition) is 2. The van der Waals surface area contributed by atoms with Crippen molar-refractivity contribution in [2.24, 2.45) is 5.92 Å². The van der Waals surface area contributed by atoms with E-state index in [1.807, 2.05) is 6.92 Å². The van der Waals surface area contributed by atoms with Crippen LogP contribution in [0.15, 0.2) is 0 Å². The van der Waals surface area contributed by atoms with Gasteiger partial charge in [-0.15, -0.1) is 0 Å². The van der Waals surface area contributed by atoms with E-state index in [0.29, 0.717) is 12.0 Å². The zero-order valence-corrected chi connectivity index (χ0v) is 13.0. The Balaban J connectivity index is 3.99. The number of carbonyl (C=O) groups excluding carboxylic acids is 1. The van der Waals surface area contributed by atoms with Crippen molar-refractivity contribution in [3.63, 3.8) is 0 Å². The summed E-state index contributed by atoms with van der Waals surface area (Å²) in [6.45, 7) is 12.8. The first kappa shape index (κ1) is 17.4. The van der Waals surface area contributed by atoms with Crippen LogP contribution in [0.2, 0.25) is 0 Å². The fourth-order valence-electron chi connectivity index (χ4n) is 2.21. The summed E-state index contributed by atoms with van der Waals surface area (Å²) in [5, 5.41) is 6.43. The van der Waals surface area contributed by atoms with Gasteiger partial charge in [0.1, 0.15) is 0 Å². The standard InChI is InChI=1S/C15H32N2O/c1-7-9-12(4)17-15(18)14(6)16-13(5)10-11(3)8-2/h11-14,16H,7-10H2,1-6H3,(H,17,18). The predicted octanol–water partition coefficient (Wildman–Crippen LogP) is 3.09. The molecule has 0 fully saturated rings. The minimum Gasteiger partial charge on any atom is -0.352 e. The Hall–Kier alpha value is -0.570. The normalized spacial score (nSPS) is 17.9. The molecule has 3 heteroatoms. The van der Waals surface area contributed by atoms with E-state index >= 15 is 0 Å². The smallest absolute Gasteiger partial charge is 0.237 e. The molecule has 0 heterocycles. The van der Waals surface area contributed by atoms with Gasteiger partial charge >= 0.3 is 0 Å². The fourth-order valence-corrected chi connectivity index (χ4v) is 2.21. The Morgan fingerprint density at radius 2 is 1.67 bits per heavy atom. The van der Waals surface area contributed by atoms with E-state index in [9.17, 15) is 4.79 Å². The van der Waals surface area contributed by atoms with Crippen molar-refractivity contribution in [1.82, 2.24) is 10.6 Å². The van der Waals surface area contributed by atoms with Crippen LogP contribution in [0, 0.1) is 5.92 Å². The molecule has 4 unspecified atom stereocenters. The van der Waals surface area contributed by atoms with Gasteiger partial charge in [0.05, 0.1) is 6.04 Å². The van der Waals surface area contributed by atoms with Gasteiger partial charge in [0, 0.05) is 12.1 Å². The van der Waals surface area contributed by atoms with Crippen LogP contribution in [0.4, 0.5) is 0 Å². The summed E-state index contributed by atoms with van der Waals surface area (Å²) < 4.78 is 0. The fraction of sp³-hybridized carbons (Fsp3) is 0.933. The van der Waals surface area contributed by atoms with E-state index in [4.69, 9.17) is 0 Å². The second kappa shape index (κ2) is 9.37. The van der Waals surface area contributed by atoms with Crippen molar-refractivity contribution in [2.75, 3.05) is 0 Å². The topological polar surface area (TPSA) is 41.1 Å². The lowest BCUT2D eigenvalue weighted by Gasteiger charge is -2.23. The first-order valence-electron chi connectivity index (χ1n) is 7.47. The number of amides is 1. The zero-order valence-electron chi connectivity index (χ0n) is 13.0. The molecule has 0 aliphatic carbocycles. The van der Waals surface area contributed by atoms with Crippen LogP contribution >= 0.6 is 0 Å². The van der Waals surface area contributed by atoms with Crippen LogP contribution in [0.5, 0.6) is 0 Å². The molecule has 0 aliphatic heterocycles. The number of hydrogen-bond donors (Lipinski definition) is 2. The highest BCUT2D eigenvalue weighted by molar-refractivity contribution is 5.81. The van der Waals surface area contributed by atoms with Crippen molar-refractivity contribution in [2.45, 2.75) is 85.4 Å². The largest absolute Gasteiger partial charge is 0.352 e. The van der Waals surface area contributed by atoms with Crippen molar-refractivity contribution in [3.8, 4) is 0 Å². The van der Waals surface area contributed by atoms with Crippen molar-refractivity contribution >= 4 is 5.91 Å². The van der Waals surface area contributed by atoms with Gasteiger partial charge in [-0.2, -0.15) is 0 Å². The van der Waals surface area contributed by atoms with Crippen LogP contribution in [-0.4, -0.2) is 24.0 Å². The van der Waals surface area contributed by atoms with Gasteiger partial charge in [-0.1, -0.05) is 33.6 Å². The second-order valence-electron chi connectivity index (χ2n) is 5.74. The van der Waals surface area contributed by atoms with Gasteiger partial charge in [-0.05, 0) is 39.5 Å². The monoisotopic (exact) mass is 256 g/mol. The van der Waals surface area contributed by atoms with Crippen molar-refractivity contribution in [3.05, 3.63) is 0 Å². The van der Waals surface area contributed by atoms with Gasteiger partial charge in [0.2, 0.25) is 5.91 Å². The van der Waals surface area contributed by atoms with Gasteiger partial charge in [-0.25, -0.2) is 0 Å². The lowest BCUT2D eigenvalue weighted by molar-refractivity contribution is -0.123. The van der Waals surface area contributed by atoms with E-state index in [1.165, 1.54) is 6.42 Å². The quantitative estimate of drug-likeness (QED) is 0.665. The van der Waals surface area contributed by atoms with E-state index in [2.05, 4.69) is 45.3 Å². The molecule has 0 spiro atoms. The van der Waals surface area contributed by atoms with Crippen LogP contribution in [0.1, 0.15) is 67.2 Å². The molecule has 4 atom stereocenters. The Morgan fingerprint density at radius 3 is 2.17 bits per heavy atom. The maximum absolute atomic E-state index is 11.9. The SMILES string of the molecule is CCCC(C)NC(=O)C(C)NC(C)CC(C)CC. The second-order valence-corrected chi connectivity index (χ2v) is 5.74. The third-order valence-corrected chi connectivity index (χ3v) is 3.49.